The molecule has 2 N–H and O–H groups in total. The van der Waals surface area contributed by atoms with E-state index in [1.807, 2.05) is 0 Å². The number of hydrogen-bond acceptors (Lipinski definition) is 5. The van der Waals surface area contributed by atoms with E-state index in [0.717, 1.165) is 25.1 Å². The minimum atomic E-state index is 0.199. The Hall–Kier alpha value is -1.20. The molecule has 1 saturated heterocycles. The van der Waals surface area contributed by atoms with Crippen LogP contribution in [0.1, 0.15) is 25.0 Å². The lowest BCUT2D eigenvalue weighted by Gasteiger charge is -2.22. The van der Waals surface area contributed by atoms with Gasteiger partial charge in [0, 0.05) is 13.2 Å². The van der Waals surface area contributed by atoms with Gasteiger partial charge in [0.05, 0.1) is 24.2 Å². The van der Waals surface area contributed by atoms with Crippen molar-refractivity contribution in [2.24, 2.45) is 5.73 Å². The minimum Gasteiger partial charge on any atom is -0.474 e. The average Bonchev–Trinajstić information content (AvgIpc) is 2.38. The largest absolute Gasteiger partial charge is 0.474 e. The van der Waals surface area contributed by atoms with Crippen LogP contribution >= 0.6 is 0 Å². The highest BCUT2D eigenvalue weighted by molar-refractivity contribution is 5.06. The van der Waals surface area contributed by atoms with Crippen molar-refractivity contribution in [1.82, 2.24) is 9.97 Å². The Bertz CT molecular complexity index is 310. The monoisotopic (exact) mass is 223 g/mol. The summed E-state index contributed by atoms with van der Waals surface area (Å²) < 4.78 is 11.1. The highest BCUT2D eigenvalue weighted by Crippen LogP contribution is 2.14. The maximum absolute atomic E-state index is 5.55. The maximum Gasteiger partial charge on any atom is 0.232 e. The Morgan fingerprint density at radius 1 is 1.38 bits per heavy atom. The summed E-state index contributed by atoms with van der Waals surface area (Å²) in [6, 6.07) is 0. The molecule has 1 aromatic heterocycles. The number of nitrogens with zero attached hydrogens (tertiary/aromatic N) is 2. The van der Waals surface area contributed by atoms with Gasteiger partial charge in [0.1, 0.15) is 6.61 Å². The normalized spacial score (nSPS) is 20.7. The van der Waals surface area contributed by atoms with Crippen molar-refractivity contribution in [3.05, 3.63) is 18.1 Å². The number of rotatable bonds is 4. The Balaban J connectivity index is 1.79. The summed E-state index contributed by atoms with van der Waals surface area (Å²) in [5, 5.41) is 0. The third-order valence-corrected chi connectivity index (χ3v) is 2.58. The predicted molar refractivity (Wildman–Crippen MR) is 59.0 cm³/mol. The Morgan fingerprint density at radius 3 is 2.94 bits per heavy atom. The quantitative estimate of drug-likeness (QED) is 0.820. The van der Waals surface area contributed by atoms with Crippen molar-refractivity contribution >= 4 is 0 Å². The van der Waals surface area contributed by atoms with Gasteiger partial charge in [-0.05, 0) is 19.3 Å². The fourth-order valence-corrected chi connectivity index (χ4v) is 1.64. The molecule has 1 aromatic rings. The topological polar surface area (TPSA) is 70.3 Å². The predicted octanol–water partition coefficient (Wildman–Crippen LogP) is 0.883. The fourth-order valence-electron chi connectivity index (χ4n) is 1.64. The van der Waals surface area contributed by atoms with Crippen LogP contribution in [0.25, 0.3) is 0 Å². The summed E-state index contributed by atoms with van der Waals surface area (Å²) in [6.07, 6.45) is 6.87. The first-order valence-electron chi connectivity index (χ1n) is 5.64. The molecule has 1 fully saturated rings. The summed E-state index contributed by atoms with van der Waals surface area (Å²) in [4.78, 5) is 8.22. The van der Waals surface area contributed by atoms with Crippen molar-refractivity contribution in [3.63, 3.8) is 0 Å². The van der Waals surface area contributed by atoms with Gasteiger partial charge in [-0.3, -0.25) is 4.98 Å². The van der Waals surface area contributed by atoms with E-state index < -0.39 is 0 Å². The molecule has 0 bridgehead atoms. The number of hydrogen-bond donors (Lipinski definition) is 1. The lowest BCUT2D eigenvalue weighted by atomic mass is 10.1. The zero-order valence-electron chi connectivity index (χ0n) is 9.26. The van der Waals surface area contributed by atoms with Crippen LogP contribution in [0.2, 0.25) is 0 Å². The van der Waals surface area contributed by atoms with Crippen LogP contribution in [0.4, 0.5) is 0 Å². The molecular weight excluding hydrogens is 206 g/mol. The van der Waals surface area contributed by atoms with Crippen LogP contribution in [-0.4, -0.2) is 29.3 Å². The van der Waals surface area contributed by atoms with E-state index in [4.69, 9.17) is 15.2 Å². The van der Waals surface area contributed by atoms with E-state index in [0.29, 0.717) is 19.0 Å². The van der Waals surface area contributed by atoms with Crippen molar-refractivity contribution < 1.29 is 9.47 Å². The first-order valence-corrected chi connectivity index (χ1v) is 5.64. The molecule has 0 spiro atoms. The van der Waals surface area contributed by atoms with Gasteiger partial charge in [0.2, 0.25) is 5.88 Å². The van der Waals surface area contributed by atoms with Gasteiger partial charge in [-0.2, -0.15) is 0 Å². The summed E-state index contributed by atoms with van der Waals surface area (Å²) in [5.74, 6) is 0.534. The van der Waals surface area contributed by atoms with Crippen molar-refractivity contribution in [2.75, 3.05) is 13.2 Å². The molecule has 0 radical (unpaired) electrons. The first-order chi connectivity index (χ1) is 7.88. The summed E-state index contributed by atoms with van der Waals surface area (Å²) in [6.45, 7) is 1.79. The zero-order chi connectivity index (χ0) is 11.2. The molecule has 16 heavy (non-hydrogen) atoms. The van der Waals surface area contributed by atoms with Crippen LogP contribution in [0.5, 0.6) is 5.88 Å². The van der Waals surface area contributed by atoms with E-state index in [-0.39, 0.29) is 6.10 Å². The smallest absolute Gasteiger partial charge is 0.232 e. The van der Waals surface area contributed by atoms with Crippen LogP contribution in [0.15, 0.2) is 12.4 Å². The second kappa shape index (κ2) is 5.77. The van der Waals surface area contributed by atoms with Gasteiger partial charge in [0.25, 0.3) is 0 Å². The van der Waals surface area contributed by atoms with Gasteiger partial charge >= 0.3 is 0 Å². The first kappa shape index (κ1) is 11.3. The molecule has 0 aromatic carbocycles. The molecule has 1 unspecified atom stereocenters. The second-order valence-electron chi connectivity index (χ2n) is 3.85. The zero-order valence-corrected chi connectivity index (χ0v) is 9.26. The molecule has 0 amide bonds. The van der Waals surface area contributed by atoms with Gasteiger partial charge in [-0.25, -0.2) is 4.98 Å². The Labute approximate surface area is 95.0 Å². The molecule has 1 aliphatic rings. The van der Waals surface area contributed by atoms with E-state index in [1.54, 1.807) is 12.4 Å². The van der Waals surface area contributed by atoms with Gasteiger partial charge in [-0.1, -0.05) is 0 Å². The summed E-state index contributed by atoms with van der Waals surface area (Å²) in [5.41, 5.74) is 6.19. The van der Waals surface area contributed by atoms with E-state index >= 15 is 0 Å². The third-order valence-electron chi connectivity index (χ3n) is 2.58. The van der Waals surface area contributed by atoms with Crippen LogP contribution < -0.4 is 10.5 Å². The number of nitrogens with two attached hydrogens (primary N) is 1. The van der Waals surface area contributed by atoms with Crippen LogP contribution in [-0.2, 0) is 11.3 Å². The lowest BCUT2D eigenvalue weighted by molar-refractivity contribution is -0.0120. The third kappa shape index (κ3) is 3.15. The van der Waals surface area contributed by atoms with Gasteiger partial charge in [-0.15, -0.1) is 0 Å². The van der Waals surface area contributed by atoms with Gasteiger partial charge < -0.3 is 15.2 Å². The standard InChI is InChI=1S/C11H17N3O2/c12-5-9-6-14-11(7-13-9)16-8-10-3-1-2-4-15-10/h6-7,10H,1-5,8,12H2. The molecule has 5 nitrogen and oxygen atoms in total. The molecule has 1 atom stereocenters. The minimum absolute atomic E-state index is 0.199. The van der Waals surface area contributed by atoms with Crippen molar-refractivity contribution in [1.29, 1.82) is 0 Å². The molecule has 5 heteroatoms. The van der Waals surface area contributed by atoms with Crippen LogP contribution in [0.3, 0.4) is 0 Å². The highest BCUT2D eigenvalue weighted by atomic mass is 16.5. The second-order valence-corrected chi connectivity index (χ2v) is 3.85. The highest BCUT2D eigenvalue weighted by Gasteiger charge is 2.14. The van der Waals surface area contributed by atoms with Crippen LogP contribution in [0, 0.1) is 0 Å². The Kier molecular flexibility index (Phi) is 4.07. The van der Waals surface area contributed by atoms with E-state index in [1.165, 1.54) is 6.42 Å². The average molecular weight is 223 g/mol. The maximum atomic E-state index is 5.55. The molecule has 2 heterocycles. The molecular formula is C11H17N3O2. The van der Waals surface area contributed by atoms with Crippen molar-refractivity contribution in [3.8, 4) is 5.88 Å². The SMILES string of the molecule is NCc1cnc(OCC2CCCCO2)cn1. The summed E-state index contributed by atoms with van der Waals surface area (Å²) in [7, 11) is 0. The fraction of sp³-hybridized carbons (Fsp3) is 0.636. The molecule has 88 valence electrons. The number of ether oxygens (including phenoxy) is 2. The van der Waals surface area contributed by atoms with Gasteiger partial charge in [0.15, 0.2) is 0 Å². The molecule has 2 rings (SSSR count). The van der Waals surface area contributed by atoms with Crippen molar-refractivity contribution in [2.45, 2.75) is 31.9 Å². The van der Waals surface area contributed by atoms with E-state index in [9.17, 15) is 0 Å². The summed E-state index contributed by atoms with van der Waals surface area (Å²) >= 11 is 0. The molecule has 0 aliphatic carbocycles. The molecule has 0 saturated carbocycles. The lowest BCUT2D eigenvalue weighted by Crippen LogP contribution is -2.26. The molecule has 1 aliphatic heterocycles. The number of aromatic nitrogens is 2. The van der Waals surface area contributed by atoms with E-state index in [2.05, 4.69) is 9.97 Å². The Morgan fingerprint density at radius 2 is 2.31 bits per heavy atom.